The minimum absolute atomic E-state index is 0.0725. The molecule has 0 bridgehead atoms. The summed E-state index contributed by atoms with van der Waals surface area (Å²) in [6.45, 7) is 0. The number of carbonyl (C=O) groups is 4. The van der Waals surface area contributed by atoms with Gasteiger partial charge in [-0.1, -0.05) is 23.7 Å². The highest BCUT2D eigenvalue weighted by Crippen LogP contribution is 2.69. The molecule has 1 aromatic carbocycles. The van der Waals surface area contributed by atoms with E-state index < -0.39 is 59.9 Å². The SMILES string of the molecule is O=C(O)CC(C(=O)O)C1(C(CC(=O)O)C(=O)O)CC1c1ccc(Cl)cc1. The summed E-state index contributed by atoms with van der Waals surface area (Å²) in [7, 11) is 0. The van der Waals surface area contributed by atoms with Crippen molar-refractivity contribution in [3.05, 3.63) is 34.9 Å². The van der Waals surface area contributed by atoms with Crippen molar-refractivity contribution in [2.75, 3.05) is 0 Å². The molecule has 1 saturated carbocycles. The molecule has 8 nitrogen and oxygen atoms in total. The first-order valence-electron chi connectivity index (χ1n) is 7.74. The Balaban J connectivity index is 2.53. The Hall–Kier alpha value is -2.61. The summed E-state index contributed by atoms with van der Waals surface area (Å²) in [5.41, 5.74) is -0.898. The van der Waals surface area contributed by atoms with Crippen LogP contribution in [0.15, 0.2) is 24.3 Å². The fourth-order valence-corrected chi connectivity index (χ4v) is 3.92. The third kappa shape index (κ3) is 3.80. The van der Waals surface area contributed by atoms with Crippen molar-refractivity contribution >= 4 is 35.5 Å². The first kappa shape index (κ1) is 19.7. The molecule has 1 aromatic rings. The molecule has 4 N–H and O–H groups in total. The second-order valence-electron chi connectivity index (χ2n) is 6.40. The van der Waals surface area contributed by atoms with Crippen LogP contribution in [0.2, 0.25) is 5.02 Å². The fourth-order valence-electron chi connectivity index (χ4n) is 3.79. The standard InChI is InChI=1S/C17H17ClO8/c18-9-3-1-8(2-4-9)12-7-17(12,10(15(23)24)5-13(19)20)11(16(25)26)6-14(21)22/h1-4,10-12H,5-7H2,(H,19,20)(H,21,22)(H,23,24)(H,25,26). The number of benzene rings is 1. The second-order valence-corrected chi connectivity index (χ2v) is 6.83. The maximum atomic E-state index is 11.7. The summed E-state index contributed by atoms with van der Waals surface area (Å²) >= 11 is 5.83. The number of carboxylic acid groups (broad SMARTS) is 4. The van der Waals surface area contributed by atoms with Crippen LogP contribution in [-0.4, -0.2) is 44.3 Å². The Morgan fingerprint density at radius 2 is 1.35 bits per heavy atom. The van der Waals surface area contributed by atoms with Gasteiger partial charge in [-0.25, -0.2) is 0 Å². The molecule has 0 heterocycles. The third-order valence-electron chi connectivity index (χ3n) is 4.97. The maximum absolute atomic E-state index is 11.7. The molecule has 2 rings (SSSR count). The van der Waals surface area contributed by atoms with Crippen LogP contribution in [0.1, 0.15) is 30.7 Å². The van der Waals surface area contributed by atoms with Crippen molar-refractivity contribution in [2.45, 2.75) is 25.2 Å². The minimum Gasteiger partial charge on any atom is -0.481 e. The van der Waals surface area contributed by atoms with E-state index in [9.17, 15) is 29.4 Å². The van der Waals surface area contributed by atoms with Gasteiger partial charge in [0, 0.05) is 10.4 Å². The summed E-state index contributed by atoms with van der Waals surface area (Å²) in [6.07, 6.45) is -1.51. The molecule has 9 heteroatoms. The normalized spacial score (nSPS) is 23.7. The quantitative estimate of drug-likeness (QED) is 0.506. The number of aliphatic carboxylic acids is 4. The number of hydrogen-bond donors (Lipinski definition) is 4. The highest BCUT2D eigenvalue weighted by molar-refractivity contribution is 6.30. The van der Waals surface area contributed by atoms with Crippen molar-refractivity contribution in [2.24, 2.45) is 17.3 Å². The van der Waals surface area contributed by atoms with Gasteiger partial charge in [-0.05, 0) is 30.0 Å². The molecule has 0 saturated heterocycles. The molecular weight excluding hydrogens is 368 g/mol. The van der Waals surface area contributed by atoms with E-state index in [1.807, 2.05) is 0 Å². The molecule has 0 spiro atoms. The van der Waals surface area contributed by atoms with Crippen LogP contribution in [0.3, 0.4) is 0 Å². The van der Waals surface area contributed by atoms with Gasteiger partial charge in [-0.2, -0.15) is 0 Å². The molecule has 26 heavy (non-hydrogen) atoms. The average molecular weight is 385 g/mol. The van der Waals surface area contributed by atoms with Gasteiger partial charge < -0.3 is 20.4 Å². The average Bonchev–Trinajstić information content (AvgIpc) is 3.26. The van der Waals surface area contributed by atoms with Crippen LogP contribution in [0.5, 0.6) is 0 Å². The molecule has 0 aromatic heterocycles. The van der Waals surface area contributed by atoms with Crippen molar-refractivity contribution in [3.63, 3.8) is 0 Å². The molecule has 3 unspecified atom stereocenters. The van der Waals surface area contributed by atoms with Gasteiger partial charge in [0.05, 0.1) is 24.7 Å². The third-order valence-corrected chi connectivity index (χ3v) is 5.22. The van der Waals surface area contributed by atoms with E-state index in [0.717, 1.165) is 0 Å². The van der Waals surface area contributed by atoms with Crippen LogP contribution in [0.25, 0.3) is 0 Å². The Morgan fingerprint density at radius 3 is 1.69 bits per heavy atom. The van der Waals surface area contributed by atoms with Gasteiger partial charge >= 0.3 is 23.9 Å². The molecule has 1 aliphatic rings. The second kappa shape index (κ2) is 7.33. The van der Waals surface area contributed by atoms with Crippen LogP contribution < -0.4 is 0 Å². The zero-order valence-corrected chi connectivity index (χ0v) is 14.2. The summed E-state index contributed by atoms with van der Waals surface area (Å²) in [5, 5.41) is 37.7. The Kier molecular flexibility index (Phi) is 5.56. The predicted octanol–water partition coefficient (Wildman–Crippen LogP) is 2.16. The van der Waals surface area contributed by atoms with Crippen molar-refractivity contribution in [1.29, 1.82) is 0 Å². The number of hydrogen-bond acceptors (Lipinski definition) is 4. The first-order valence-corrected chi connectivity index (χ1v) is 8.12. The van der Waals surface area contributed by atoms with Crippen molar-refractivity contribution < 1.29 is 39.6 Å². The van der Waals surface area contributed by atoms with E-state index in [1.165, 1.54) is 0 Å². The smallest absolute Gasteiger partial charge is 0.307 e. The molecule has 140 valence electrons. The lowest BCUT2D eigenvalue weighted by atomic mass is 9.72. The van der Waals surface area contributed by atoms with E-state index in [1.54, 1.807) is 24.3 Å². The van der Waals surface area contributed by atoms with Gasteiger partial charge in [0.1, 0.15) is 0 Å². The monoisotopic (exact) mass is 384 g/mol. The van der Waals surface area contributed by atoms with Crippen LogP contribution >= 0.6 is 11.6 Å². The van der Waals surface area contributed by atoms with Crippen LogP contribution in [-0.2, 0) is 19.2 Å². The van der Waals surface area contributed by atoms with E-state index in [2.05, 4.69) is 0 Å². The highest BCUT2D eigenvalue weighted by atomic mass is 35.5. The molecule has 0 amide bonds. The largest absolute Gasteiger partial charge is 0.481 e. The van der Waals surface area contributed by atoms with E-state index in [0.29, 0.717) is 10.6 Å². The summed E-state index contributed by atoms with van der Waals surface area (Å²) in [6, 6.07) is 6.32. The highest BCUT2D eigenvalue weighted by Gasteiger charge is 2.67. The zero-order valence-electron chi connectivity index (χ0n) is 13.5. The topological polar surface area (TPSA) is 149 Å². The lowest BCUT2D eigenvalue weighted by Crippen LogP contribution is -2.39. The van der Waals surface area contributed by atoms with Gasteiger partial charge in [0.15, 0.2) is 0 Å². The van der Waals surface area contributed by atoms with Crippen LogP contribution in [0, 0.1) is 17.3 Å². The molecule has 1 fully saturated rings. The van der Waals surface area contributed by atoms with Crippen molar-refractivity contribution in [1.82, 2.24) is 0 Å². The van der Waals surface area contributed by atoms with Gasteiger partial charge in [-0.3, -0.25) is 19.2 Å². The Morgan fingerprint density at radius 1 is 0.923 bits per heavy atom. The van der Waals surface area contributed by atoms with E-state index >= 15 is 0 Å². The number of carboxylic acids is 4. The van der Waals surface area contributed by atoms with Gasteiger partial charge in [-0.15, -0.1) is 0 Å². The number of halogens is 1. The molecular formula is C17H17ClO8. The lowest BCUT2D eigenvalue weighted by molar-refractivity contribution is -0.159. The first-order chi connectivity index (χ1) is 12.1. The lowest BCUT2D eigenvalue weighted by Gasteiger charge is -2.29. The summed E-state index contributed by atoms with van der Waals surface area (Å²) < 4.78 is 0. The molecule has 0 aliphatic heterocycles. The summed E-state index contributed by atoms with van der Waals surface area (Å²) in [5.74, 6) is -9.33. The molecule has 0 radical (unpaired) electrons. The van der Waals surface area contributed by atoms with Gasteiger partial charge in [0.25, 0.3) is 0 Å². The number of rotatable bonds is 9. The van der Waals surface area contributed by atoms with E-state index in [4.69, 9.17) is 21.8 Å². The van der Waals surface area contributed by atoms with Crippen molar-refractivity contribution in [3.8, 4) is 0 Å². The zero-order chi connectivity index (χ0) is 19.6. The fraction of sp³-hybridized carbons (Fsp3) is 0.412. The van der Waals surface area contributed by atoms with Crippen LogP contribution in [0.4, 0.5) is 0 Å². The Bertz CT molecular complexity index is 708. The maximum Gasteiger partial charge on any atom is 0.307 e. The van der Waals surface area contributed by atoms with Gasteiger partial charge in [0.2, 0.25) is 0 Å². The molecule has 1 aliphatic carbocycles. The Labute approximate surface area is 153 Å². The predicted molar refractivity (Wildman–Crippen MR) is 88.0 cm³/mol. The molecule has 3 atom stereocenters. The minimum atomic E-state index is -1.53. The summed E-state index contributed by atoms with van der Waals surface area (Å²) in [4.78, 5) is 45.8. The van der Waals surface area contributed by atoms with E-state index in [-0.39, 0.29) is 6.42 Å².